The largest absolute Gasteiger partial charge is 0.317 e. The maximum absolute atomic E-state index is 3.31. The van der Waals surface area contributed by atoms with E-state index in [1.165, 1.54) is 51.9 Å². The molecule has 1 unspecified atom stereocenters. The summed E-state index contributed by atoms with van der Waals surface area (Å²) >= 11 is 0. The molecule has 1 atom stereocenters. The van der Waals surface area contributed by atoms with Gasteiger partial charge < -0.3 is 15.1 Å². The predicted molar refractivity (Wildman–Crippen MR) is 75.5 cm³/mol. The van der Waals surface area contributed by atoms with Crippen LogP contribution in [-0.4, -0.2) is 63.2 Å². The van der Waals surface area contributed by atoms with E-state index < -0.39 is 0 Å². The van der Waals surface area contributed by atoms with Crippen LogP contribution in [-0.2, 0) is 0 Å². The summed E-state index contributed by atoms with van der Waals surface area (Å²) in [6.07, 6.45) is 5.41. The van der Waals surface area contributed by atoms with E-state index in [0.717, 1.165) is 5.92 Å². The summed E-state index contributed by atoms with van der Waals surface area (Å²) in [7, 11) is 6.43. The van der Waals surface area contributed by atoms with Gasteiger partial charge in [-0.15, -0.1) is 0 Å². The molecule has 0 aromatic rings. The zero-order valence-electron chi connectivity index (χ0n) is 12.2. The molecule has 17 heavy (non-hydrogen) atoms. The molecule has 1 aliphatic rings. The summed E-state index contributed by atoms with van der Waals surface area (Å²) < 4.78 is 0. The molecule has 3 nitrogen and oxygen atoms in total. The lowest BCUT2D eigenvalue weighted by Gasteiger charge is -2.33. The number of piperidine rings is 1. The van der Waals surface area contributed by atoms with Crippen LogP contribution in [0.25, 0.3) is 0 Å². The van der Waals surface area contributed by atoms with E-state index in [2.05, 4.69) is 43.2 Å². The van der Waals surface area contributed by atoms with Crippen LogP contribution in [0.4, 0.5) is 0 Å². The van der Waals surface area contributed by atoms with Crippen LogP contribution in [0, 0.1) is 5.92 Å². The summed E-state index contributed by atoms with van der Waals surface area (Å²) in [5.74, 6) is 0.928. The van der Waals surface area contributed by atoms with Crippen molar-refractivity contribution in [1.29, 1.82) is 0 Å². The van der Waals surface area contributed by atoms with E-state index in [1.54, 1.807) is 0 Å². The average molecular weight is 241 g/mol. The van der Waals surface area contributed by atoms with Gasteiger partial charge in [-0.25, -0.2) is 0 Å². The Morgan fingerprint density at radius 1 is 1.29 bits per heavy atom. The fraction of sp³-hybridized carbons (Fsp3) is 1.00. The molecule has 0 spiro atoms. The predicted octanol–water partition coefficient (Wildman–Crippen LogP) is 1.65. The lowest BCUT2D eigenvalue weighted by Crippen LogP contribution is -2.37. The van der Waals surface area contributed by atoms with E-state index in [4.69, 9.17) is 0 Å². The zero-order chi connectivity index (χ0) is 12.7. The number of nitrogens with zero attached hydrogens (tertiary/aromatic N) is 2. The van der Waals surface area contributed by atoms with Gasteiger partial charge in [0.25, 0.3) is 0 Å². The Morgan fingerprint density at radius 3 is 2.47 bits per heavy atom. The highest BCUT2D eigenvalue weighted by Crippen LogP contribution is 2.18. The van der Waals surface area contributed by atoms with Crippen molar-refractivity contribution >= 4 is 0 Å². The molecule has 1 N–H and O–H groups in total. The standard InChI is InChI=1S/C14H31N3/c1-13(15-2)6-5-9-17-10-7-14(8-11-17)12-16(3)4/h13-15H,5-12H2,1-4H3. The van der Waals surface area contributed by atoms with Crippen molar-refractivity contribution in [3.8, 4) is 0 Å². The third-order valence-electron chi connectivity index (χ3n) is 3.93. The van der Waals surface area contributed by atoms with Crippen molar-refractivity contribution in [2.75, 3.05) is 47.3 Å². The number of nitrogens with one attached hydrogen (secondary N) is 1. The second-order valence-electron chi connectivity index (χ2n) is 5.88. The van der Waals surface area contributed by atoms with Crippen LogP contribution < -0.4 is 5.32 Å². The molecule has 0 aromatic carbocycles. The molecule has 102 valence electrons. The first kappa shape index (κ1) is 14.9. The SMILES string of the molecule is CNC(C)CCCN1CCC(CN(C)C)CC1. The molecular weight excluding hydrogens is 210 g/mol. The van der Waals surface area contributed by atoms with Gasteiger partial charge in [0.15, 0.2) is 0 Å². The molecule has 0 bridgehead atoms. The Balaban J connectivity index is 2.06. The van der Waals surface area contributed by atoms with Crippen molar-refractivity contribution in [3.63, 3.8) is 0 Å². The van der Waals surface area contributed by atoms with Gasteiger partial charge >= 0.3 is 0 Å². The highest BCUT2D eigenvalue weighted by Gasteiger charge is 2.19. The first-order valence-electron chi connectivity index (χ1n) is 7.16. The van der Waals surface area contributed by atoms with E-state index in [1.807, 2.05) is 0 Å². The van der Waals surface area contributed by atoms with Gasteiger partial charge in [-0.2, -0.15) is 0 Å². The first-order valence-corrected chi connectivity index (χ1v) is 7.16. The summed E-state index contributed by atoms with van der Waals surface area (Å²) in [4.78, 5) is 4.98. The molecule has 0 aliphatic carbocycles. The van der Waals surface area contributed by atoms with Crippen molar-refractivity contribution < 1.29 is 0 Å². The third-order valence-corrected chi connectivity index (χ3v) is 3.93. The normalized spacial score (nSPS) is 21.0. The van der Waals surface area contributed by atoms with Crippen LogP contribution in [0.5, 0.6) is 0 Å². The molecule has 1 rings (SSSR count). The number of hydrogen-bond acceptors (Lipinski definition) is 3. The lowest BCUT2D eigenvalue weighted by molar-refractivity contribution is 0.159. The summed E-state index contributed by atoms with van der Waals surface area (Å²) in [5, 5.41) is 3.31. The molecule has 0 amide bonds. The monoisotopic (exact) mass is 241 g/mol. The van der Waals surface area contributed by atoms with Gasteiger partial charge in [-0.3, -0.25) is 0 Å². The van der Waals surface area contributed by atoms with E-state index >= 15 is 0 Å². The molecule has 1 saturated heterocycles. The molecule has 1 heterocycles. The number of rotatable bonds is 7. The minimum absolute atomic E-state index is 0.668. The van der Waals surface area contributed by atoms with Crippen molar-refractivity contribution in [2.45, 2.75) is 38.6 Å². The molecule has 0 saturated carbocycles. The third kappa shape index (κ3) is 6.39. The highest BCUT2D eigenvalue weighted by molar-refractivity contribution is 4.74. The van der Waals surface area contributed by atoms with Crippen LogP contribution >= 0.6 is 0 Å². The van der Waals surface area contributed by atoms with Crippen LogP contribution in [0.2, 0.25) is 0 Å². The average Bonchev–Trinajstić information content (AvgIpc) is 2.30. The molecule has 1 aliphatic heterocycles. The van der Waals surface area contributed by atoms with Gasteiger partial charge in [0.1, 0.15) is 0 Å². The smallest absolute Gasteiger partial charge is 0.00362 e. The second-order valence-corrected chi connectivity index (χ2v) is 5.88. The van der Waals surface area contributed by atoms with E-state index in [-0.39, 0.29) is 0 Å². The van der Waals surface area contributed by atoms with Crippen molar-refractivity contribution in [1.82, 2.24) is 15.1 Å². The fourth-order valence-corrected chi connectivity index (χ4v) is 2.67. The molecule has 0 aromatic heterocycles. The molecule has 0 radical (unpaired) electrons. The lowest BCUT2D eigenvalue weighted by atomic mass is 9.96. The van der Waals surface area contributed by atoms with Gasteiger partial charge in [-0.1, -0.05) is 0 Å². The van der Waals surface area contributed by atoms with E-state index in [0.29, 0.717) is 6.04 Å². The van der Waals surface area contributed by atoms with Gasteiger partial charge in [0.05, 0.1) is 0 Å². The first-order chi connectivity index (χ1) is 8.11. The Bertz CT molecular complexity index is 186. The maximum Gasteiger partial charge on any atom is 0.00362 e. The number of likely N-dealkylation sites (tertiary alicyclic amines) is 1. The minimum atomic E-state index is 0.668. The topological polar surface area (TPSA) is 18.5 Å². The highest BCUT2D eigenvalue weighted by atomic mass is 15.1. The number of hydrogen-bond donors (Lipinski definition) is 1. The maximum atomic E-state index is 3.31. The Labute approximate surface area is 108 Å². The van der Waals surface area contributed by atoms with Crippen LogP contribution in [0.1, 0.15) is 32.6 Å². The van der Waals surface area contributed by atoms with Crippen molar-refractivity contribution in [2.24, 2.45) is 5.92 Å². The Hall–Kier alpha value is -0.120. The van der Waals surface area contributed by atoms with Gasteiger partial charge in [0.2, 0.25) is 0 Å². The summed E-state index contributed by atoms with van der Waals surface area (Å²) in [6, 6.07) is 0.668. The summed E-state index contributed by atoms with van der Waals surface area (Å²) in [5.41, 5.74) is 0. The summed E-state index contributed by atoms with van der Waals surface area (Å²) in [6.45, 7) is 7.45. The minimum Gasteiger partial charge on any atom is -0.317 e. The fourth-order valence-electron chi connectivity index (χ4n) is 2.67. The Morgan fingerprint density at radius 2 is 1.94 bits per heavy atom. The zero-order valence-corrected chi connectivity index (χ0v) is 12.2. The quantitative estimate of drug-likeness (QED) is 0.731. The second kappa shape index (κ2) is 8.06. The van der Waals surface area contributed by atoms with Crippen molar-refractivity contribution in [3.05, 3.63) is 0 Å². The Kier molecular flexibility index (Phi) is 7.09. The van der Waals surface area contributed by atoms with Crippen LogP contribution in [0.15, 0.2) is 0 Å². The van der Waals surface area contributed by atoms with Gasteiger partial charge in [-0.05, 0) is 79.3 Å². The molecular formula is C14H31N3. The molecule has 1 fully saturated rings. The van der Waals surface area contributed by atoms with Crippen LogP contribution in [0.3, 0.4) is 0 Å². The van der Waals surface area contributed by atoms with E-state index in [9.17, 15) is 0 Å². The van der Waals surface area contributed by atoms with Gasteiger partial charge in [0, 0.05) is 12.6 Å². The molecule has 3 heteroatoms.